The Balaban J connectivity index is 2.10. The molecule has 90 valence electrons. The number of benzene rings is 2. The van der Waals surface area contributed by atoms with Gasteiger partial charge < -0.3 is 5.32 Å². The Kier molecular flexibility index (Phi) is 4.09. The molecule has 0 fully saturated rings. The van der Waals surface area contributed by atoms with E-state index in [2.05, 4.69) is 11.4 Å². The lowest BCUT2D eigenvalue weighted by molar-refractivity contribution is 1.15. The van der Waals surface area contributed by atoms with Crippen molar-refractivity contribution in [1.29, 1.82) is 5.26 Å². The zero-order valence-corrected chi connectivity index (χ0v) is 11.0. The Morgan fingerprint density at radius 2 is 1.78 bits per heavy atom. The van der Waals surface area contributed by atoms with Crippen LogP contribution in [-0.4, -0.2) is 0 Å². The van der Waals surface area contributed by atoms with Crippen LogP contribution < -0.4 is 5.32 Å². The number of nitrogens with zero attached hydrogens (tertiary/aromatic N) is 1. The first kappa shape index (κ1) is 12.8. The summed E-state index contributed by atoms with van der Waals surface area (Å²) in [4.78, 5) is 0. The van der Waals surface area contributed by atoms with E-state index in [-0.39, 0.29) is 0 Å². The van der Waals surface area contributed by atoms with Gasteiger partial charge in [0.2, 0.25) is 0 Å². The maximum atomic E-state index is 8.83. The summed E-state index contributed by atoms with van der Waals surface area (Å²) in [5.74, 6) is 0. The highest BCUT2D eigenvalue weighted by molar-refractivity contribution is 6.33. The summed E-state index contributed by atoms with van der Waals surface area (Å²) in [5, 5.41) is 13.3. The molecule has 0 atom stereocenters. The smallest absolute Gasteiger partial charge is 0.0992 e. The molecular formula is C14H10Cl2N2. The third kappa shape index (κ3) is 3.16. The molecule has 0 saturated heterocycles. The van der Waals surface area contributed by atoms with Gasteiger partial charge in [-0.05, 0) is 35.9 Å². The minimum atomic E-state index is 0.581. The lowest BCUT2D eigenvalue weighted by Gasteiger charge is -2.08. The van der Waals surface area contributed by atoms with Gasteiger partial charge in [-0.1, -0.05) is 35.3 Å². The Labute approximate surface area is 116 Å². The van der Waals surface area contributed by atoms with E-state index in [0.29, 0.717) is 22.2 Å². The molecule has 0 unspecified atom stereocenters. The van der Waals surface area contributed by atoms with Gasteiger partial charge in [-0.15, -0.1) is 0 Å². The molecule has 0 saturated carbocycles. The van der Waals surface area contributed by atoms with Crippen LogP contribution in [-0.2, 0) is 6.54 Å². The van der Waals surface area contributed by atoms with Crippen LogP contribution in [0, 0.1) is 11.3 Å². The number of hydrogen-bond acceptors (Lipinski definition) is 2. The van der Waals surface area contributed by atoms with Crippen LogP contribution in [0.3, 0.4) is 0 Å². The fourth-order valence-electron chi connectivity index (χ4n) is 1.53. The highest BCUT2D eigenvalue weighted by atomic mass is 35.5. The second-order valence-corrected chi connectivity index (χ2v) is 4.63. The van der Waals surface area contributed by atoms with Crippen LogP contribution in [0.25, 0.3) is 0 Å². The minimum Gasteiger partial charge on any atom is -0.380 e. The monoisotopic (exact) mass is 276 g/mol. The predicted octanol–water partition coefficient (Wildman–Crippen LogP) is 4.48. The quantitative estimate of drug-likeness (QED) is 0.898. The van der Waals surface area contributed by atoms with Gasteiger partial charge in [0.25, 0.3) is 0 Å². The maximum Gasteiger partial charge on any atom is 0.0992 e. The van der Waals surface area contributed by atoms with E-state index in [1.165, 1.54) is 0 Å². The van der Waals surface area contributed by atoms with Crippen molar-refractivity contribution in [2.24, 2.45) is 0 Å². The highest BCUT2D eigenvalue weighted by Crippen LogP contribution is 2.23. The first-order valence-corrected chi connectivity index (χ1v) is 6.12. The largest absolute Gasteiger partial charge is 0.380 e. The molecule has 0 spiro atoms. The van der Waals surface area contributed by atoms with E-state index in [4.69, 9.17) is 28.5 Å². The van der Waals surface area contributed by atoms with Crippen molar-refractivity contribution in [1.82, 2.24) is 0 Å². The zero-order valence-electron chi connectivity index (χ0n) is 9.45. The standard InChI is InChI=1S/C14H10Cl2N2/c15-12-4-1-10(2-5-12)9-18-14-7-11(8-17)3-6-13(14)16/h1-7,18H,9H2. The summed E-state index contributed by atoms with van der Waals surface area (Å²) in [6.45, 7) is 0.631. The average Bonchev–Trinajstić information content (AvgIpc) is 2.40. The fourth-order valence-corrected chi connectivity index (χ4v) is 1.84. The molecule has 2 nitrogen and oxygen atoms in total. The minimum absolute atomic E-state index is 0.581. The van der Waals surface area contributed by atoms with Gasteiger partial charge in [-0.2, -0.15) is 5.26 Å². The summed E-state index contributed by atoms with van der Waals surface area (Å²) in [5.41, 5.74) is 2.43. The number of nitriles is 1. The van der Waals surface area contributed by atoms with E-state index in [0.717, 1.165) is 11.3 Å². The molecule has 0 aromatic heterocycles. The van der Waals surface area contributed by atoms with Gasteiger partial charge in [0.1, 0.15) is 0 Å². The molecule has 0 radical (unpaired) electrons. The molecule has 2 rings (SSSR count). The lowest BCUT2D eigenvalue weighted by atomic mass is 10.2. The lowest BCUT2D eigenvalue weighted by Crippen LogP contribution is -2.00. The Bertz CT molecular complexity index is 586. The molecule has 0 aliphatic rings. The summed E-state index contributed by atoms with van der Waals surface area (Å²) in [7, 11) is 0. The van der Waals surface area contributed by atoms with E-state index in [1.807, 2.05) is 24.3 Å². The Morgan fingerprint density at radius 1 is 1.06 bits per heavy atom. The molecule has 0 heterocycles. The van der Waals surface area contributed by atoms with E-state index in [1.54, 1.807) is 18.2 Å². The molecule has 0 amide bonds. The van der Waals surface area contributed by atoms with Crippen LogP contribution in [0.2, 0.25) is 10.0 Å². The number of nitrogens with one attached hydrogen (secondary N) is 1. The second kappa shape index (κ2) is 5.77. The summed E-state index contributed by atoms with van der Waals surface area (Å²) in [6.07, 6.45) is 0. The average molecular weight is 277 g/mol. The summed E-state index contributed by atoms with van der Waals surface area (Å²) < 4.78 is 0. The summed E-state index contributed by atoms with van der Waals surface area (Å²) in [6, 6.07) is 14.8. The van der Waals surface area contributed by atoms with Crippen LogP contribution in [0.4, 0.5) is 5.69 Å². The van der Waals surface area contributed by atoms with Crippen molar-refractivity contribution in [3.05, 3.63) is 63.6 Å². The van der Waals surface area contributed by atoms with E-state index in [9.17, 15) is 0 Å². The first-order chi connectivity index (χ1) is 8.69. The van der Waals surface area contributed by atoms with Gasteiger partial charge in [-0.3, -0.25) is 0 Å². The van der Waals surface area contributed by atoms with Crippen molar-refractivity contribution in [2.75, 3.05) is 5.32 Å². The number of rotatable bonds is 3. The van der Waals surface area contributed by atoms with Crippen LogP contribution in [0.15, 0.2) is 42.5 Å². The molecule has 4 heteroatoms. The van der Waals surface area contributed by atoms with Crippen molar-refractivity contribution < 1.29 is 0 Å². The zero-order chi connectivity index (χ0) is 13.0. The van der Waals surface area contributed by atoms with Crippen LogP contribution >= 0.6 is 23.2 Å². The normalized spacial score (nSPS) is 9.83. The van der Waals surface area contributed by atoms with E-state index < -0.39 is 0 Å². The summed E-state index contributed by atoms with van der Waals surface area (Å²) >= 11 is 11.9. The van der Waals surface area contributed by atoms with Gasteiger partial charge in [-0.25, -0.2) is 0 Å². The molecule has 0 bridgehead atoms. The van der Waals surface area contributed by atoms with Crippen molar-refractivity contribution in [3.63, 3.8) is 0 Å². The molecule has 0 aliphatic heterocycles. The number of hydrogen-bond donors (Lipinski definition) is 1. The third-order valence-corrected chi connectivity index (χ3v) is 3.07. The van der Waals surface area contributed by atoms with Crippen molar-refractivity contribution in [2.45, 2.75) is 6.54 Å². The third-order valence-electron chi connectivity index (χ3n) is 2.49. The van der Waals surface area contributed by atoms with Gasteiger partial charge in [0, 0.05) is 11.6 Å². The number of halogens is 2. The van der Waals surface area contributed by atoms with Crippen LogP contribution in [0.5, 0.6) is 0 Å². The SMILES string of the molecule is N#Cc1ccc(Cl)c(NCc2ccc(Cl)cc2)c1. The topological polar surface area (TPSA) is 35.8 Å². The van der Waals surface area contributed by atoms with Crippen LogP contribution in [0.1, 0.15) is 11.1 Å². The molecular weight excluding hydrogens is 267 g/mol. The molecule has 2 aromatic carbocycles. The molecule has 0 aliphatic carbocycles. The van der Waals surface area contributed by atoms with Gasteiger partial charge in [0.05, 0.1) is 22.3 Å². The fraction of sp³-hybridized carbons (Fsp3) is 0.0714. The molecule has 18 heavy (non-hydrogen) atoms. The maximum absolute atomic E-state index is 8.83. The van der Waals surface area contributed by atoms with Crippen molar-refractivity contribution in [3.8, 4) is 6.07 Å². The molecule has 2 aromatic rings. The number of anilines is 1. The van der Waals surface area contributed by atoms with Gasteiger partial charge in [0.15, 0.2) is 0 Å². The molecule has 1 N–H and O–H groups in total. The predicted molar refractivity (Wildman–Crippen MR) is 74.9 cm³/mol. The Morgan fingerprint density at radius 3 is 2.44 bits per heavy atom. The van der Waals surface area contributed by atoms with Gasteiger partial charge >= 0.3 is 0 Å². The first-order valence-electron chi connectivity index (χ1n) is 5.37. The van der Waals surface area contributed by atoms with E-state index >= 15 is 0 Å². The second-order valence-electron chi connectivity index (χ2n) is 3.79. The Hall–Kier alpha value is -1.69. The highest BCUT2D eigenvalue weighted by Gasteiger charge is 2.01. The van der Waals surface area contributed by atoms with Crippen molar-refractivity contribution >= 4 is 28.9 Å².